The molecule has 0 heterocycles. The molecule has 18 heavy (non-hydrogen) atoms. The van der Waals surface area contributed by atoms with Crippen LogP contribution in [0.3, 0.4) is 0 Å². The van der Waals surface area contributed by atoms with E-state index in [1.165, 1.54) is 0 Å². The fraction of sp³-hybridized carbons (Fsp3) is 0.188. The molecule has 2 rings (SSSR count). The topological polar surface area (TPSA) is 17.1 Å². The number of aryl methyl sites for hydroxylation is 2. The molecule has 2 heteroatoms. The standard InChI is InChI=1S/C16H15BrO/c1-11-6-7-12(2)15(8-11)16(18)10-13-4-3-5-14(17)9-13/h3-9H,10H2,1-2H3. The minimum absolute atomic E-state index is 0.175. The van der Waals surface area contributed by atoms with Crippen molar-refractivity contribution in [1.29, 1.82) is 0 Å². The molecule has 0 amide bonds. The minimum atomic E-state index is 0.175. The Bertz CT molecular complexity index is 587. The molecule has 0 saturated carbocycles. The highest BCUT2D eigenvalue weighted by Crippen LogP contribution is 2.16. The highest BCUT2D eigenvalue weighted by molar-refractivity contribution is 9.10. The maximum Gasteiger partial charge on any atom is 0.167 e. The van der Waals surface area contributed by atoms with Crippen molar-refractivity contribution in [3.63, 3.8) is 0 Å². The third-order valence-corrected chi connectivity index (χ3v) is 3.44. The van der Waals surface area contributed by atoms with E-state index in [-0.39, 0.29) is 5.78 Å². The molecule has 0 saturated heterocycles. The zero-order valence-electron chi connectivity index (χ0n) is 10.5. The fourth-order valence-electron chi connectivity index (χ4n) is 1.96. The van der Waals surface area contributed by atoms with Gasteiger partial charge < -0.3 is 0 Å². The zero-order valence-corrected chi connectivity index (χ0v) is 12.1. The third kappa shape index (κ3) is 3.08. The Morgan fingerprint density at radius 3 is 2.61 bits per heavy atom. The Kier molecular flexibility index (Phi) is 3.97. The van der Waals surface area contributed by atoms with Crippen LogP contribution in [0.15, 0.2) is 46.9 Å². The summed E-state index contributed by atoms with van der Waals surface area (Å²) in [5.41, 5.74) is 4.03. The van der Waals surface area contributed by atoms with Crippen molar-refractivity contribution >= 4 is 21.7 Å². The van der Waals surface area contributed by atoms with Crippen molar-refractivity contribution in [3.8, 4) is 0 Å². The summed E-state index contributed by atoms with van der Waals surface area (Å²) in [6.45, 7) is 3.99. The number of hydrogen-bond donors (Lipinski definition) is 0. The predicted octanol–water partition coefficient (Wildman–Crippen LogP) is 4.49. The number of hydrogen-bond acceptors (Lipinski definition) is 1. The van der Waals surface area contributed by atoms with Crippen LogP contribution in [-0.4, -0.2) is 5.78 Å². The van der Waals surface area contributed by atoms with Gasteiger partial charge in [0.25, 0.3) is 0 Å². The number of benzene rings is 2. The number of rotatable bonds is 3. The Balaban J connectivity index is 2.24. The SMILES string of the molecule is Cc1ccc(C)c(C(=O)Cc2cccc(Br)c2)c1. The fourth-order valence-corrected chi connectivity index (χ4v) is 2.41. The first-order valence-electron chi connectivity index (χ1n) is 5.91. The summed E-state index contributed by atoms with van der Waals surface area (Å²) in [7, 11) is 0. The van der Waals surface area contributed by atoms with Crippen LogP contribution in [-0.2, 0) is 6.42 Å². The van der Waals surface area contributed by atoms with E-state index >= 15 is 0 Å². The monoisotopic (exact) mass is 302 g/mol. The van der Waals surface area contributed by atoms with Gasteiger partial charge in [0.05, 0.1) is 0 Å². The number of halogens is 1. The summed E-state index contributed by atoms with van der Waals surface area (Å²) in [6, 6.07) is 13.9. The maximum absolute atomic E-state index is 12.3. The molecule has 0 fully saturated rings. The van der Waals surface area contributed by atoms with Gasteiger partial charge in [-0.2, -0.15) is 0 Å². The van der Waals surface area contributed by atoms with Gasteiger partial charge in [-0.3, -0.25) is 4.79 Å². The Morgan fingerprint density at radius 1 is 1.11 bits per heavy atom. The summed E-state index contributed by atoms with van der Waals surface area (Å²) >= 11 is 3.42. The second-order valence-electron chi connectivity index (χ2n) is 4.55. The Morgan fingerprint density at radius 2 is 1.89 bits per heavy atom. The highest BCUT2D eigenvalue weighted by atomic mass is 79.9. The van der Waals surface area contributed by atoms with E-state index in [4.69, 9.17) is 0 Å². The van der Waals surface area contributed by atoms with Crippen LogP contribution in [0.4, 0.5) is 0 Å². The summed E-state index contributed by atoms with van der Waals surface area (Å²) in [4.78, 5) is 12.3. The second kappa shape index (κ2) is 5.49. The highest BCUT2D eigenvalue weighted by Gasteiger charge is 2.10. The largest absolute Gasteiger partial charge is 0.294 e. The lowest BCUT2D eigenvalue weighted by Crippen LogP contribution is -2.06. The Hall–Kier alpha value is -1.41. The minimum Gasteiger partial charge on any atom is -0.294 e. The van der Waals surface area contributed by atoms with E-state index in [0.29, 0.717) is 6.42 Å². The number of carbonyl (C=O) groups is 1. The normalized spacial score (nSPS) is 10.4. The van der Waals surface area contributed by atoms with Crippen molar-refractivity contribution in [3.05, 3.63) is 69.2 Å². The van der Waals surface area contributed by atoms with Gasteiger partial charge in [0.1, 0.15) is 0 Å². The lowest BCUT2D eigenvalue weighted by Gasteiger charge is -2.06. The molecule has 0 atom stereocenters. The van der Waals surface area contributed by atoms with E-state index in [1.807, 2.05) is 56.3 Å². The van der Waals surface area contributed by atoms with Crippen molar-refractivity contribution in [2.75, 3.05) is 0 Å². The average Bonchev–Trinajstić information content (AvgIpc) is 2.32. The molecular weight excluding hydrogens is 288 g/mol. The zero-order chi connectivity index (χ0) is 13.1. The molecule has 0 spiro atoms. The predicted molar refractivity (Wildman–Crippen MR) is 78.1 cm³/mol. The van der Waals surface area contributed by atoms with E-state index in [2.05, 4.69) is 15.9 Å². The molecule has 0 N–H and O–H groups in total. The van der Waals surface area contributed by atoms with Crippen LogP contribution in [0.25, 0.3) is 0 Å². The summed E-state index contributed by atoms with van der Waals surface area (Å²) < 4.78 is 1.01. The van der Waals surface area contributed by atoms with Gasteiger partial charge in [-0.25, -0.2) is 0 Å². The molecule has 2 aromatic carbocycles. The van der Waals surface area contributed by atoms with Crippen molar-refractivity contribution in [2.24, 2.45) is 0 Å². The summed E-state index contributed by atoms with van der Waals surface area (Å²) in [5.74, 6) is 0.175. The first-order valence-corrected chi connectivity index (χ1v) is 6.70. The first-order chi connectivity index (χ1) is 8.56. The summed E-state index contributed by atoms with van der Waals surface area (Å²) in [6.07, 6.45) is 0.448. The van der Waals surface area contributed by atoms with Gasteiger partial charge >= 0.3 is 0 Å². The van der Waals surface area contributed by atoms with Gasteiger partial charge in [-0.1, -0.05) is 45.8 Å². The Labute approximate surface area is 116 Å². The second-order valence-corrected chi connectivity index (χ2v) is 5.46. The van der Waals surface area contributed by atoms with Crippen LogP contribution in [0.5, 0.6) is 0 Å². The quantitative estimate of drug-likeness (QED) is 0.763. The third-order valence-electron chi connectivity index (χ3n) is 2.95. The van der Waals surface area contributed by atoms with Gasteiger partial charge in [-0.15, -0.1) is 0 Å². The smallest absolute Gasteiger partial charge is 0.167 e. The maximum atomic E-state index is 12.3. The van der Waals surface area contributed by atoms with Gasteiger partial charge in [0.2, 0.25) is 0 Å². The first kappa shape index (κ1) is 13.0. The molecule has 2 aromatic rings. The van der Waals surface area contributed by atoms with E-state index in [9.17, 15) is 4.79 Å². The van der Waals surface area contributed by atoms with Crippen molar-refractivity contribution in [1.82, 2.24) is 0 Å². The lowest BCUT2D eigenvalue weighted by molar-refractivity contribution is 0.0992. The van der Waals surface area contributed by atoms with E-state index in [0.717, 1.165) is 26.7 Å². The molecule has 0 radical (unpaired) electrons. The van der Waals surface area contributed by atoms with E-state index in [1.54, 1.807) is 0 Å². The number of ketones is 1. The molecule has 0 unspecified atom stereocenters. The van der Waals surface area contributed by atoms with Crippen LogP contribution in [0, 0.1) is 13.8 Å². The molecule has 0 aliphatic carbocycles. The van der Waals surface area contributed by atoms with Crippen LogP contribution in [0.1, 0.15) is 27.0 Å². The average molecular weight is 303 g/mol. The summed E-state index contributed by atoms with van der Waals surface area (Å²) in [5, 5.41) is 0. The van der Waals surface area contributed by atoms with E-state index < -0.39 is 0 Å². The molecular formula is C16H15BrO. The van der Waals surface area contributed by atoms with Gasteiger partial charge in [-0.05, 0) is 43.2 Å². The van der Waals surface area contributed by atoms with Crippen LogP contribution < -0.4 is 0 Å². The molecule has 0 aliphatic rings. The molecule has 0 aliphatic heterocycles. The molecule has 0 aromatic heterocycles. The van der Waals surface area contributed by atoms with Gasteiger partial charge in [0.15, 0.2) is 5.78 Å². The van der Waals surface area contributed by atoms with Crippen LogP contribution >= 0.6 is 15.9 Å². The molecule has 1 nitrogen and oxygen atoms in total. The van der Waals surface area contributed by atoms with Crippen molar-refractivity contribution < 1.29 is 4.79 Å². The molecule has 0 bridgehead atoms. The van der Waals surface area contributed by atoms with Crippen molar-refractivity contribution in [2.45, 2.75) is 20.3 Å². The number of carbonyl (C=O) groups excluding carboxylic acids is 1. The van der Waals surface area contributed by atoms with Gasteiger partial charge in [0, 0.05) is 16.5 Å². The lowest BCUT2D eigenvalue weighted by atomic mass is 9.97. The number of Topliss-reactive ketones (excluding diaryl/α,β-unsaturated/α-hetero) is 1. The molecule has 92 valence electrons. The van der Waals surface area contributed by atoms with Crippen LogP contribution in [0.2, 0.25) is 0 Å².